The fourth-order valence-corrected chi connectivity index (χ4v) is 3.12. The number of fused-ring (bicyclic) bond motifs is 1. The Morgan fingerprint density at radius 2 is 1.81 bits per heavy atom. The van der Waals surface area contributed by atoms with E-state index in [0.29, 0.717) is 17.2 Å². The van der Waals surface area contributed by atoms with Crippen molar-refractivity contribution in [3.05, 3.63) is 59.8 Å². The van der Waals surface area contributed by atoms with Crippen molar-refractivity contribution in [2.75, 3.05) is 10.6 Å². The number of amides is 2. The van der Waals surface area contributed by atoms with Crippen LogP contribution < -0.4 is 10.6 Å². The molecule has 0 saturated carbocycles. The maximum atomic E-state index is 12.6. The van der Waals surface area contributed by atoms with E-state index in [1.54, 1.807) is 12.1 Å². The monoisotopic (exact) mass is 363 g/mol. The number of benzene rings is 2. The molecular weight excluding hydrogens is 338 g/mol. The van der Waals surface area contributed by atoms with Gasteiger partial charge < -0.3 is 15.2 Å². The second-order valence-electron chi connectivity index (χ2n) is 7.30. The highest BCUT2D eigenvalue weighted by atomic mass is 16.2. The van der Waals surface area contributed by atoms with Gasteiger partial charge in [0.15, 0.2) is 0 Å². The molecule has 3 rings (SSSR count). The van der Waals surface area contributed by atoms with Crippen molar-refractivity contribution < 1.29 is 9.59 Å². The van der Waals surface area contributed by atoms with Crippen LogP contribution in [-0.2, 0) is 11.3 Å². The molecule has 5 heteroatoms. The molecule has 1 heterocycles. The minimum atomic E-state index is -0.206. The van der Waals surface area contributed by atoms with Crippen LogP contribution in [0.2, 0.25) is 0 Å². The summed E-state index contributed by atoms with van der Waals surface area (Å²) in [6.07, 6.45) is 2.08. The van der Waals surface area contributed by atoms with Crippen LogP contribution in [0.1, 0.15) is 36.7 Å². The van der Waals surface area contributed by atoms with Gasteiger partial charge >= 0.3 is 0 Å². The molecule has 0 aliphatic rings. The molecule has 0 unspecified atom stereocenters. The average molecular weight is 363 g/mol. The van der Waals surface area contributed by atoms with Crippen LogP contribution >= 0.6 is 0 Å². The van der Waals surface area contributed by atoms with E-state index in [4.69, 9.17) is 0 Å². The Hall–Kier alpha value is -3.08. The second kappa shape index (κ2) is 7.66. The summed E-state index contributed by atoms with van der Waals surface area (Å²) in [7, 11) is 0. The summed E-state index contributed by atoms with van der Waals surface area (Å²) in [5, 5.41) is 6.79. The highest BCUT2D eigenvalue weighted by molar-refractivity contribution is 6.06. The number of rotatable bonds is 5. The van der Waals surface area contributed by atoms with Crippen LogP contribution in [0.3, 0.4) is 0 Å². The number of aryl methyl sites for hydroxylation is 1. The number of hydrogen-bond donors (Lipinski definition) is 2. The molecule has 0 bridgehead atoms. The molecule has 0 aliphatic carbocycles. The molecule has 0 saturated heterocycles. The van der Waals surface area contributed by atoms with E-state index in [2.05, 4.69) is 41.3 Å². The predicted octanol–water partition coefficient (Wildman–Crippen LogP) is 4.82. The summed E-state index contributed by atoms with van der Waals surface area (Å²) < 4.78 is 2.23. The molecule has 1 aromatic heterocycles. The summed E-state index contributed by atoms with van der Waals surface area (Å²) in [6.45, 7) is 8.69. The summed E-state index contributed by atoms with van der Waals surface area (Å²) in [6, 6.07) is 13.3. The van der Waals surface area contributed by atoms with Crippen LogP contribution in [0.25, 0.3) is 10.9 Å². The maximum absolute atomic E-state index is 12.6. The first-order valence-corrected chi connectivity index (χ1v) is 9.12. The van der Waals surface area contributed by atoms with Crippen molar-refractivity contribution in [3.63, 3.8) is 0 Å². The van der Waals surface area contributed by atoms with E-state index in [1.165, 1.54) is 6.92 Å². The Balaban J connectivity index is 1.80. The molecular formula is C22H25N3O2. The number of anilines is 2. The third-order valence-electron chi connectivity index (χ3n) is 4.40. The van der Waals surface area contributed by atoms with Gasteiger partial charge in [-0.25, -0.2) is 0 Å². The van der Waals surface area contributed by atoms with Crippen molar-refractivity contribution in [3.8, 4) is 0 Å². The van der Waals surface area contributed by atoms with Crippen LogP contribution in [0, 0.1) is 12.8 Å². The topological polar surface area (TPSA) is 63.1 Å². The van der Waals surface area contributed by atoms with Gasteiger partial charge in [-0.2, -0.15) is 0 Å². The van der Waals surface area contributed by atoms with Crippen molar-refractivity contribution in [1.82, 2.24) is 4.57 Å². The van der Waals surface area contributed by atoms with Crippen LogP contribution in [0.15, 0.2) is 48.7 Å². The molecule has 27 heavy (non-hydrogen) atoms. The number of aromatic nitrogens is 1. The SMILES string of the molecule is CC(=O)Nc1cc(C(=O)Nc2ccc3c(ccn3CC(C)C)c2)ccc1C. The number of hydrogen-bond acceptors (Lipinski definition) is 2. The Morgan fingerprint density at radius 3 is 2.52 bits per heavy atom. The second-order valence-corrected chi connectivity index (χ2v) is 7.30. The Bertz CT molecular complexity index is 1000. The van der Waals surface area contributed by atoms with E-state index >= 15 is 0 Å². The van der Waals surface area contributed by atoms with Gasteiger partial charge in [-0.3, -0.25) is 9.59 Å². The lowest BCUT2D eigenvalue weighted by molar-refractivity contribution is -0.114. The highest BCUT2D eigenvalue weighted by Crippen LogP contribution is 2.23. The van der Waals surface area contributed by atoms with E-state index in [1.807, 2.05) is 31.2 Å². The van der Waals surface area contributed by atoms with E-state index < -0.39 is 0 Å². The lowest BCUT2D eigenvalue weighted by Crippen LogP contribution is -2.13. The Labute approximate surface area is 159 Å². The van der Waals surface area contributed by atoms with E-state index in [0.717, 1.165) is 28.7 Å². The zero-order chi connectivity index (χ0) is 19.6. The molecule has 5 nitrogen and oxygen atoms in total. The van der Waals surface area contributed by atoms with Crippen molar-refractivity contribution in [1.29, 1.82) is 0 Å². The third kappa shape index (κ3) is 4.37. The molecule has 0 fully saturated rings. The average Bonchev–Trinajstić information content (AvgIpc) is 2.98. The smallest absolute Gasteiger partial charge is 0.255 e. The van der Waals surface area contributed by atoms with Crippen LogP contribution in [-0.4, -0.2) is 16.4 Å². The first-order valence-electron chi connectivity index (χ1n) is 9.12. The van der Waals surface area contributed by atoms with Gasteiger partial charge in [-0.15, -0.1) is 0 Å². The van der Waals surface area contributed by atoms with Gasteiger partial charge in [-0.1, -0.05) is 19.9 Å². The van der Waals surface area contributed by atoms with Gasteiger partial charge in [-0.05, 0) is 54.8 Å². The van der Waals surface area contributed by atoms with Crippen LogP contribution in [0.5, 0.6) is 0 Å². The summed E-state index contributed by atoms with van der Waals surface area (Å²) in [4.78, 5) is 23.9. The number of carbonyl (C=O) groups excluding carboxylic acids is 2. The van der Waals surface area contributed by atoms with E-state index in [9.17, 15) is 9.59 Å². The number of nitrogens with one attached hydrogen (secondary N) is 2. The fraction of sp³-hybridized carbons (Fsp3) is 0.273. The van der Waals surface area contributed by atoms with Gasteiger partial charge in [0.05, 0.1) is 0 Å². The first-order chi connectivity index (χ1) is 12.8. The molecule has 0 atom stereocenters. The van der Waals surface area contributed by atoms with E-state index in [-0.39, 0.29) is 11.8 Å². The molecule has 2 N–H and O–H groups in total. The first kappa shape index (κ1) is 18.7. The molecule has 0 radical (unpaired) electrons. The highest BCUT2D eigenvalue weighted by Gasteiger charge is 2.11. The Kier molecular flexibility index (Phi) is 5.31. The normalized spacial score (nSPS) is 11.0. The minimum Gasteiger partial charge on any atom is -0.347 e. The summed E-state index contributed by atoms with van der Waals surface area (Å²) >= 11 is 0. The fourth-order valence-electron chi connectivity index (χ4n) is 3.12. The summed E-state index contributed by atoms with van der Waals surface area (Å²) in [5.41, 5.74) is 3.97. The number of nitrogens with zero attached hydrogens (tertiary/aromatic N) is 1. The molecule has 3 aromatic rings. The molecule has 2 amide bonds. The largest absolute Gasteiger partial charge is 0.347 e. The minimum absolute atomic E-state index is 0.160. The zero-order valence-electron chi connectivity index (χ0n) is 16.2. The zero-order valence-corrected chi connectivity index (χ0v) is 16.2. The van der Waals surface area contributed by atoms with Gasteiger partial charge in [0, 0.05) is 47.5 Å². The molecule has 0 aliphatic heterocycles. The quantitative estimate of drug-likeness (QED) is 0.683. The summed E-state index contributed by atoms with van der Waals surface area (Å²) in [5.74, 6) is 0.203. The molecule has 0 spiro atoms. The molecule has 2 aromatic carbocycles. The van der Waals surface area contributed by atoms with Crippen molar-refractivity contribution in [2.45, 2.75) is 34.2 Å². The lowest BCUT2D eigenvalue weighted by Gasteiger charge is -2.11. The Morgan fingerprint density at radius 1 is 1.04 bits per heavy atom. The van der Waals surface area contributed by atoms with Crippen molar-refractivity contribution >= 4 is 34.1 Å². The molecule has 140 valence electrons. The predicted molar refractivity (Wildman–Crippen MR) is 110 cm³/mol. The maximum Gasteiger partial charge on any atom is 0.255 e. The standard InChI is InChI=1S/C22H25N3O2/c1-14(2)13-25-10-9-17-11-19(7-8-21(17)25)24-22(27)18-6-5-15(3)20(12-18)23-16(4)26/h5-12,14H,13H2,1-4H3,(H,23,26)(H,24,27). The third-order valence-corrected chi connectivity index (χ3v) is 4.40. The lowest BCUT2D eigenvalue weighted by atomic mass is 10.1. The number of carbonyl (C=O) groups is 2. The van der Waals surface area contributed by atoms with Gasteiger partial charge in [0.25, 0.3) is 5.91 Å². The van der Waals surface area contributed by atoms with Crippen molar-refractivity contribution in [2.24, 2.45) is 5.92 Å². The van der Waals surface area contributed by atoms with Gasteiger partial charge in [0.1, 0.15) is 0 Å². The van der Waals surface area contributed by atoms with Crippen LogP contribution in [0.4, 0.5) is 11.4 Å². The van der Waals surface area contributed by atoms with Gasteiger partial charge in [0.2, 0.25) is 5.91 Å².